The third kappa shape index (κ3) is 4.18. The molecule has 0 spiro atoms. The monoisotopic (exact) mass is 424 g/mol. The van der Waals surface area contributed by atoms with Gasteiger partial charge in [-0.3, -0.25) is 9.97 Å². The number of piperidine rings is 1. The van der Waals surface area contributed by atoms with Crippen LogP contribution in [0.25, 0.3) is 21.9 Å². The Morgan fingerprint density at radius 1 is 1.07 bits per heavy atom. The third-order valence-corrected chi connectivity index (χ3v) is 8.05. The number of hydrogen-bond donors (Lipinski definition) is 1. The molecule has 1 saturated heterocycles. The summed E-state index contributed by atoms with van der Waals surface area (Å²) in [4.78, 5) is 8.74. The summed E-state index contributed by atoms with van der Waals surface area (Å²) in [5.74, 6) is 0. The minimum Gasteiger partial charge on any atom is -0.382 e. The summed E-state index contributed by atoms with van der Waals surface area (Å²) in [6.07, 6.45) is 7.15. The van der Waals surface area contributed by atoms with E-state index in [9.17, 15) is 8.42 Å². The molecule has 1 N–H and O–H groups in total. The highest BCUT2D eigenvalue weighted by Crippen LogP contribution is 2.32. The summed E-state index contributed by atoms with van der Waals surface area (Å²) in [7, 11) is -3.19. The van der Waals surface area contributed by atoms with Gasteiger partial charge in [0.15, 0.2) is 0 Å². The largest absolute Gasteiger partial charge is 0.382 e. The zero-order chi connectivity index (χ0) is 21.3. The lowest BCUT2D eigenvalue weighted by Gasteiger charge is -2.33. The molecule has 1 aliphatic heterocycles. The lowest BCUT2D eigenvalue weighted by molar-refractivity contribution is 0.327. The second-order valence-corrected chi connectivity index (χ2v) is 10.7. The molecule has 2 aromatic heterocycles. The molecule has 30 heavy (non-hydrogen) atoms. The van der Waals surface area contributed by atoms with Crippen LogP contribution in [0.3, 0.4) is 0 Å². The smallest absolute Gasteiger partial charge is 0.216 e. The molecule has 4 rings (SSSR count). The fraction of sp³-hybridized carbons (Fsp3) is 0.391. The van der Waals surface area contributed by atoms with Crippen molar-refractivity contribution in [2.75, 3.05) is 18.4 Å². The van der Waals surface area contributed by atoms with Crippen molar-refractivity contribution in [3.8, 4) is 11.1 Å². The van der Waals surface area contributed by atoms with Gasteiger partial charge >= 0.3 is 0 Å². The first-order chi connectivity index (χ1) is 14.3. The number of fused-ring (bicyclic) bond motifs is 1. The summed E-state index contributed by atoms with van der Waals surface area (Å²) < 4.78 is 26.5. The molecule has 6 nitrogen and oxygen atoms in total. The van der Waals surface area contributed by atoms with Crippen molar-refractivity contribution in [3.05, 3.63) is 54.6 Å². The molecule has 0 unspecified atom stereocenters. The van der Waals surface area contributed by atoms with Crippen LogP contribution in [0.4, 0.5) is 5.69 Å². The molecular formula is C23H28N4O2S. The van der Waals surface area contributed by atoms with Crippen LogP contribution >= 0.6 is 0 Å². The first-order valence-corrected chi connectivity index (χ1v) is 11.9. The Labute approximate surface area is 178 Å². The van der Waals surface area contributed by atoms with Crippen molar-refractivity contribution in [2.24, 2.45) is 0 Å². The Morgan fingerprint density at radius 3 is 2.50 bits per heavy atom. The topological polar surface area (TPSA) is 75.2 Å². The molecule has 0 bridgehead atoms. The molecule has 0 amide bonds. The van der Waals surface area contributed by atoms with Crippen LogP contribution in [0.1, 0.15) is 32.4 Å². The van der Waals surface area contributed by atoms with E-state index in [0.717, 1.165) is 46.1 Å². The van der Waals surface area contributed by atoms with E-state index >= 15 is 0 Å². The summed E-state index contributed by atoms with van der Waals surface area (Å²) in [5.41, 5.74) is 4.19. The van der Waals surface area contributed by atoms with Crippen LogP contribution < -0.4 is 5.32 Å². The molecule has 3 heterocycles. The lowest BCUT2D eigenvalue weighted by Crippen LogP contribution is -2.44. The number of nitrogens with one attached hydrogen (secondary N) is 1. The number of benzene rings is 1. The van der Waals surface area contributed by atoms with Crippen LogP contribution in [0.5, 0.6) is 0 Å². The third-order valence-electron chi connectivity index (χ3n) is 5.77. The molecular weight excluding hydrogens is 396 g/mol. The maximum Gasteiger partial charge on any atom is 0.216 e. The number of rotatable bonds is 5. The van der Waals surface area contributed by atoms with Crippen molar-refractivity contribution in [1.82, 2.24) is 14.3 Å². The van der Waals surface area contributed by atoms with E-state index < -0.39 is 10.0 Å². The SMILES string of the molecule is Cc1ccc(-c2cc(NC3CCN(S(=O)(=O)C(C)C)CC3)c3cnccc3c2)cn1. The van der Waals surface area contributed by atoms with E-state index in [1.54, 1.807) is 24.3 Å². The number of sulfonamides is 1. The number of anilines is 1. The number of hydrogen-bond acceptors (Lipinski definition) is 5. The molecule has 0 atom stereocenters. The van der Waals surface area contributed by atoms with E-state index in [0.29, 0.717) is 13.1 Å². The predicted octanol–water partition coefficient (Wildman–Crippen LogP) is 4.22. The normalized spacial score (nSPS) is 16.3. The van der Waals surface area contributed by atoms with Crippen LogP contribution in [0, 0.1) is 6.92 Å². The van der Waals surface area contributed by atoms with Gasteiger partial charge in [0.1, 0.15) is 0 Å². The van der Waals surface area contributed by atoms with Crippen LogP contribution in [0.2, 0.25) is 0 Å². The summed E-state index contributed by atoms with van der Waals surface area (Å²) in [5, 5.41) is 5.47. The molecule has 3 aromatic rings. The molecule has 1 fully saturated rings. The average molecular weight is 425 g/mol. The van der Waals surface area contributed by atoms with Crippen LogP contribution in [0.15, 0.2) is 48.9 Å². The van der Waals surface area contributed by atoms with Gasteiger partial charge in [-0.1, -0.05) is 6.07 Å². The summed E-state index contributed by atoms with van der Waals surface area (Å²) >= 11 is 0. The Kier molecular flexibility index (Phi) is 5.75. The number of aromatic nitrogens is 2. The fourth-order valence-corrected chi connectivity index (χ4v) is 5.21. The Morgan fingerprint density at radius 2 is 1.83 bits per heavy atom. The zero-order valence-electron chi connectivity index (χ0n) is 17.7. The molecule has 7 heteroatoms. The molecule has 158 valence electrons. The second-order valence-electron chi connectivity index (χ2n) is 8.22. The van der Waals surface area contributed by atoms with Gasteiger partial charge in [-0.15, -0.1) is 0 Å². The van der Waals surface area contributed by atoms with Gasteiger partial charge in [0.25, 0.3) is 0 Å². The predicted molar refractivity (Wildman–Crippen MR) is 122 cm³/mol. The maximum atomic E-state index is 12.4. The van der Waals surface area contributed by atoms with Gasteiger partial charge in [0.2, 0.25) is 10.0 Å². The summed E-state index contributed by atoms with van der Waals surface area (Å²) in [6.45, 7) is 6.56. The standard InChI is InChI=1S/C23H28N4O2S/c1-16(2)30(28,29)27-10-7-21(8-11-27)26-23-13-20(19-5-4-17(3)25-14-19)12-18-6-9-24-15-22(18)23/h4-6,9,12-16,21,26H,7-8,10-11H2,1-3H3. The van der Waals surface area contributed by atoms with Gasteiger partial charge in [-0.05, 0) is 68.8 Å². The van der Waals surface area contributed by atoms with Crippen molar-refractivity contribution >= 4 is 26.5 Å². The first kappa shape index (κ1) is 20.8. The van der Waals surface area contributed by atoms with Crippen molar-refractivity contribution < 1.29 is 8.42 Å². The van der Waals surface area contributed by atoms with E-state index in [4.69, 9.17) is 0 Å². The van der Waals surface area contributed by atoms with Crippen molar-refractivity contribution in [3.63, 3.8) is 0 Å². The van der Waals surface area contributed by atoms with E-state index in [2.05, 4.69) is 33.5 Å². The molecule has 0 radical (unpaired) electrons. The van der Waals surface area contributed by atoms with Gasteiger partial charge in [-0.2, -0.15) is 0 Å². The highest BCUT2D eigenvalue weighted by Gasteiger charge is 2.30. The minimum absolute atomic E-state index is 0.221. The van der Waals surface area contributed by atoms with E-state index in [-0.39, 0.29) is 11.3 Å². The van der Waals surface area contributed by atoms with Gasteiger partial charge in [0.05, 0.1) is 5.25 Å². The van der Waals surface area contributed by atoms with E-state index in [1.807, 2.05) is 31.5 Å². The second kappa shape index (κ2) is 8.32. The maximum absolute atomic E-state index is 12.4. The van der Waals surface area contributed by atoms with E-state index in [1.165, 1.54) is 0 Å². The molecule has 0 saturated carbocycles. The van der Waals surface area contributed by atoms with Crippen molar-refractivity contribution in [2.45, 2.75) is 44.9 Å². The van der Waals surface area contributed by atoms with Crippen LogP contribution in [-0.4, -0.2) is 47.1 Å². The highest BCUT2D eigenvalue weighted by molar-refractivity contribution is 7.89. The average Bonchev–Trinajstić information content (AvgIpc) is 2.74. The Balaban J connectivity index is 1.59. The number of nitrogens with zero attached hydrogens (tertiary/aromatic N) is 3. The van der Waals surface area contributed by atoms with Gasteiger partial charge in [0, 0.05) is 60.1 Å². The first-order valence-electron chi connectivity index (χ1n) is 10.4. The Hall–Kier alpha value is -2.51. The number of aryl methyl sites for hydroxylation is 1. The van der Waals surface area contributed by atoms with Crippen LogP contribution in [-0.2, 0) is 10.0 Å². The van der Waals surface area contributed by atoms with Gasteiger partial charge in [-0.25, -0.2) is 12.7 Å². The van der Waals surface area contributed by atoms with Crippen molar-refractivity contribution in [1.29, 1.82) is 0 Å². The zero-order valence-corrected chi connectivity index (χ0v) is 18.5. The quantitative estimate of drug-likeness (QED) is 0.664. The Bertz CT molecular complexity index is 1140. The minimum atomic E-state index is -3.19. The fourth-order valence-electron chi connectivity index (χ4n) is 3.90. The highest BCUT2D eigenvalue weighted by atomic mass is 32.2. The lowest BCUT2D eigenvalue weighted by atomic mass is 10.00. The van der Waals surface area contributed by atoms with Gasteiger partial charge < -0.3 is 5.32 Å². The summed E-state index contributed by atoms with van der Waals surface area (Å²) in [6, 6.07) is 10.6. The number of pyridine rings is 2. The molecule has 1 aliphatic rings. The molecule has 1 aromatic carbocycles. The molecule has 0 aliphatic carbocycles.